The first-order valence-electron chi connectivity index (χ1n) is 15.3. The van der Waals surface area contributed by atoms with E-state index in [0.717, 1.165) is 23.1 Å². The standard InChI is InChI=1S/C35H38N4O8/c1-7-19-15(2)23(39-34(19)45)12-22-17(4)21(8-9-27(42)43)31(37-22)29-30(35(46)47-6)33(44)28-18(5)24(38-32(28)29)13-25-20(10-11-40)16(3)26(14-41)36-25/h7,12,14,29-30,36-38,40H,1,8-11,13H2,2-6H3,(H,39,45)(H,42,43)/b23-12+. The molecule has 2 unspecified atom stereocenters. The number of nitrogens with one attached hydrogen (secondary N) is 4. The second-order valence-electron chi connectivity index (χ2n) is 12.0. The number of carbonyl (C=O) groups excluding carboxylic acids is 4. The van der Waals surface area contributed by atoms with Gasteiger partial charge in [0.15, 0.2) is 12.1 Å². The van der Waals surface area contributed by atoms with E-state index < -0.39 is 29.6 Å². The van der Waals surface area contributed by atoms with Crippen LogP contribution in [0.5, 0.6) is 0 Å². The van der Waals surface area contributed by atoms with Gasteiger partial charge in [0.05, 0.1) is 18.7 Å². The fourth-order valence-corrected chi connectivity index (χ4v) is 6.95. The molecule has 0 spiro atoms. The van der Waals surface area contributed by atoms with Crippen molar-refractivity contribution >= 4 is 36.0 Å². The van der Waals surface area contributed by atoms with Crippen molar-refractivity contribution in [2.24, 2.45) is 5.92 Å². The summed E-state index contributed by atoms with van der Waals surface area (Å²) < 4.78 is 5.11. The number of hydrogen-bond donors (Lipinski definition) is 6. The Morgan fingerprint density at radius 1 is 0.936 bits per heavy atom. The van der Waals surface area contributed by atoms with Crippen molar-refractivity contribution in [3.63, 3.8) is 0 Å². The van der Waals surface area contributed by atoms with Gasteiger partial charge in [-0.05, 0) is 80.0 Å². The molecule has 1 aliphatic heterocycles. The number of ether oxygens (including phenoxy) is 1. The molecule has 4 heterocycles. The Bertz CT molecular complexity index is 1910. The average Bonchev–Trinajstić information content (AvgIpc) is 3.77. The third kappa shape index (κ3) is 5.58. The minimum Gasteiger partial charge on any atom is -0.481 e. The molecule has 1 amide bonds. The van der Waals surface area contributed by atoms with Gasteiger partial charge in [0.2, 0.25) is 0 Å². The zero-order valence-corrected chi connectivity index (χ0v) is 27.0. The summed E-state index contributed by atoms with van der Waals surface area (Å²) in [6, 6.07) is 0. The van der Waals surface area contributed by atoms with Gasteiger partial charge in [-0.2, -0.15) is 0 Å². The number of ketones is 1. The first-order chi connectivity index (χ1) is 22.4. The molecule has 246 valence electrons. The molecule has 3 aromatic rings. The van der Waals surface area contributed by atoms with Crippen LogP contribution in [-0.2, 0) is 38.4 Å². The monoisotopic (exact) mass is 642 g/mol. The van der Waals surface area contributed by atoms with Crippen LogP contribution in [0, 0.1) is 26.7 Å². The number of amides is 1. The SMILES string of the molecule is C=CC1=C(C)/C(=C\c2[nH]c(C3c4[nH]c(Cc5[nH]c(C=O)c(C)c5CCO)c(C)c4C(=O)C3C(=O)OC)c(CCC(=O)O)c2C)NC1=O. The minimum atomic E-state index is -1.23. The number of aldehydes is 1. The zero-order chi connectivity index (χ0) is 34.3. The van der Waals surface area contributed by atoms with E-state index in [-0.39, 0.29) is 25.4 Å². The van der Waals surface area contributed by atoms with Crippen LogP contribution in [0.1, 0.15) is 96.4 Å². The van der Waals surface area contributed by atoms with Gasteiger partial charge in [0.1, 0.15) is 5.92 Å². The topological polar surface area (TPSA) is 194 Å². The van der Waals surface area contributed by atoms with Gasteiger partial charge in [0, 0.05) is 64.8 Å². The van der Waals surface area contributed by atoms with E-state index in [1.54, 1.807) is 19.9 Å². The summed E-state index contributed by atoms with van der Waals surface area (Å²) in [5.74, 6) is -4.51. The van der Waals surface area contributed by atoms with E-state index in [9.17, 15) is 34.2 Å². The molecular formula is C35H38N4O8. The van der Waals surface area contributed by atoms with Gasteiger partial charge in [0.25, 0.3) is 5.91 Å². The molecule has 47 heavy (non-hydrogen) atoms. The molecule has 0 aromatic carbocycles. The molecule has 5 rings (SSSR count). The van der Waals surface area contributed by atoms with Gasteiger partial charge < -0.3 is 35.2 Å². The van der Waals surface area contributed by atoms with Gasteiger partial charge in [-0.25, -0.2) is 0 Å². The van der Waals surface area contributed by atoms with Crippen LogP contribution in [0.3, 0.4) is 0 Å². The summed E-state index contributed by atoms with van der Waals surface area (Å²) in [4.78, 5) is 73.1. The van der Waals surface area contributed by atoms with E-state index in [1.165, 1.54) is 13.2 Å². The highest BCUT2D eigenvalue weighted by atomic mass is 16.5. The molecule has 12 nitrogen and oxygen atoms in total. The smallest absolute Gasteiger partial charge is 0.317 e. The van der Waals surface area contributed by atoms with E-state index in [4.69, 9.17) is 4.74 Å². The Hall–Kier alpha value is -5.23. The second kappa shape index (κ2) is 12.9. The number of aliphatic hydroxyl groups is 1. The van der Waals surface area contributed by atoms with Crippen molar-refractivity contribution in [3.8, 4) is 0 Å². The quantitative estimate of drug-likeness (QED) is 0.0979. The highest BCUT2D eigenvalue weighted by Crippen LogP contribution is 2.47. The van der Waals surface area contributed by atoms with E-state index in [2.05, 4.69) is 26.8 Å². The molecule has 0 saturated carbocycles. The lowest BCUT2D eigenvalue weighted by Gasteiger charge is -2.19. The number of carboxylic acid groups (broad SMARTS) is 1. The number of H-pyrrole nitrogens is 3. The molecule has 0 fully saturated rings. The van der Waals surface area contributed by atoms with Gasteiger partial charge in [-0.15, -0.1) is 0 Å². The van der Waals surface area contributed by atoms with E-state index in [0.29, 0.717) is 80.4 Å². The number of hydrogen-bond acceptors (Lipinski definition) is 7. The number of carbonyl (C=O) groups is 5. The molecule has 2 aliphatic rings. The third-order valence-electron chi connectivity index (χ3n) is 9.50. The first-order valence-corrected chi connectivity index (χ1v) is 15.3. The van der Waals surface area contributed by atoms with Crippen LogP contribution in [0.15, 0.2) is 29.5 Å². The minimum absolute atomic E-state index is 0.108. The maximum Gasteiger partial charge on any atom is 0.317 e. The molecule has 12 heteroatoms. The fourth-order valence-electron chi connectivity index (χ4n) is 6.95. The molecule has 0 bridgehead atoms. The van der Waals surface area contributed by atoms with Crippen LogP contribution in [0.2, 0.25) is 0 Å². The van der Waals surface area contributed by atoms with Gasteiger partial charge in [-0.1, -0.05) is 12.7 Å². The highest BCUT2D eigenvalue weighted by molar-refractivity contribution is 6.14. The number of esters is 1. The molecule has 1 aliphatic carbocycles. The normalized spacial score (nSPS) is 18.2. The van der Waals surface area contributed by atoms with Crippen molar-refractivity contribution in [1.29, 1.82) is 0 Å². The number of allylic oxidation sites excluding steroid dienone is 1. The molecular weight excluding hydrogens is 604 g/mol. The first kappa shape index (κ1) is 33.1. The highest BCUT2D eigenvalue weighted by Gasteiger charge is 2.50. The number of aromatic amines is 3. The average molecular weight is 643 g/mol. The molecule has 0 saturated heterocycles. The number of methoxy groups -OCH3 is 1. The zero-order valence-electron chi connectivity index (χ0n) is 27.0. The van der Waals surface area contributed by atoms with Crippen molar-refractivity contribution in [1.82, 2.24) is 20.3 Å². The fraction of sp³-hybridized carbons (Fsp3) is 0.343. The number of rotatable bonds is 12. The Balaban J connectivity index is 1.68. The lowest BCUT2D eigenvalue weighted by Crippen LogP contribution is -2.27. The number of carboxylic acids is 1. The maximum absolute atomic E-state index is 14.0. The van der Waals surface area contributed by atoms with Crippen LogP contribution < -0.4 is 5.32 Å². The van der Waals surface area contributed by atoms with Crippen molar-refractivity contribution in [2.75, 3.05) is 13.7 Å². The summed E-state index contributed by atoms with van der Waals surface area (Å²) in [5, 5.41) is 22.1. The molecule has 0 radical (unpaired) electrons. The van der Waals surface area contributed by atoms with Crippen LogP contribution in [0.4, 0.5) is 0 Å². The predicted octanol–water partition coefficient (Wildman–Crippen LogP) is 3.64. The summed E-state index contributed by atoms with van der Waals surface area (Å²) in [7, 11) is 1.22. The summed E-state index contributed by atoms with van der Waals surface area (Å²) in [5.41, 5.74) is 9.02. The number of aliphatic hydroxyl groups excluding tert-OH is 1. The Morgan fingerprint density at radius 3 is 2.23 bits per heavy atom. The second-order valence-corrected chi connectivity index (χ2v) is 12.0. The maximum atomic E-state index is 14.0. The van der Waals surface area contributed by atoms with Crippen LogP contribution >= 0.6 is 0 Å². The van der Waals surface area contributed by atoms with Crippen LogP contribution in [0.25, 0.3) is 6.08 Å². The Kier molecular flexibility index (Phi) is 9.08. The number of aromatic nitrogens is 3. The van der Waals surface area contributed by atoms with Crippen molar-refractivity contribution in [3.05, 3.63) is 97.0 Å². The van der Waals surface area contributed by atoms with Crippen LogP contribution in [-0.4, -0.2) is 68.8 Å². The summed E-state index contributed by atoms with van der Waals surface area (Å²) >= 11 is 0. The van der Waals surface area contributed by atoms with Crippen molar-refractivity contribution in [2.45, 2.75) is 59.3 Å². The van der Waals surface area contributed by atoms with Gasteiger partial charge >= 0.3 is 11.9 Å². The van der Waals surface area contributed by atoms with Gasteiger partial charge in [-0.3, -0.25) is 24.0 Å². The summed E-state index contributed by atoms with van der Waals surface area (Å²) in [6.45, 7) is 10.8. The Morgan fingerprint density at radius 2 is 1.64 bits per heavy atom. The molecule has 3 aromatic heterocycles. The lowest BCUT2D eigenvalue weighted by atomic mass is 9.87. The predicted molar refractivity (Wildman–Crippen MR) is 172 cm³/mol. The van der Waals surface area contributed by atoms with Crippen molar-refractivity contribution < 1.29 is 38.9 Å². The summed E-state index contributed by atoms with van der Waals surface area (Å²) in [6.07, 6.45) is 4.54. The molecule has 6 N–H and O–H groups in total. The Labute approximate surface area is 271 Å². The number of Topliss-reactive ketones (excluding diaryl/α,β-unsaturated/α-hetero) is 1. The lowest BCUT2D eigenvalue weighted by molar-refractivity contribution is -0.144. The van der Waals surface area contributed by atoms with E-state index in [1.807, 2.05) is 13.8 Å². The number of fused-ring (bicyclic) bond motifs is 1. The van der Waals surface area contributed by atoms with E-state index >= 15 is 0 Å². The third-order valence-corrected chi connectivity index (χ3v) is 9.50. The largest absolute Gasteiger partial charge is 0.481 e. The number of aliphatic carboxylic acids is 1. The molecule has 2 atom stereocenters.